The quantitative estimate of drug-likeness (QED) is 0.211. The molecule has 0 spiro atoms. The first-order valence-corrected chi connectivity index (χ1v) is 15.7. The fourth-order valence-electron chi connectivity index (χ4n) is 8.71. The Morgan fingerprint density at radius 1 is 1.05 bits per heavy atom. The summed E-state index contributed by atoms with van der Waals surface area (Å²) in [6.07, 6.45) is 4.02. The SMILES string of the molecule is CC(C)[C@H](NC(=O)CNC(=O)CCC(=O)OCC(=O)[C@@]1(O)CC[C@@H]2[C@@H]3CCC4=CC(=O)CC[C@]4(C)[C@@H]3[C@@H](O)C[C@@]21C)C(=O)O. The van der Waals surface area contributed by atoms with Crippen molar-refractivity contribution in [3.63, 3.8) is 0 Å². The van der Waals surface area contributed by atoms with E-state index in [1.54, 1.807) is 19.9 Å². The zero-order chi connectivity index (χ0) is 32.6. The first-order valence-electron chi connectivity index (χ1n) is 15.7. The predicted octanol–water partition coefficient (Wildman–Crippen LogP) is 1.45. The van der Waals surface area contributed by atoms with Gasteiger partial charge in [-0.3, -0.25) is 24.0 Å². The van der Waals surface area contributed by atoms with Gasteiger partial charge in [-0.15, -0.1) is 0 Å². The van der Waals surface area contributed by atoms with Crippen LogP contribution in [0.25, 0.3) is 0 Å². The summed E-state index contributed by atoms with van der Waals surface area (Å²) >= 11 is 0. The number of hydrogen-bond acceptors (Lipinski definition) is 9. The van der Waals surface area contributed by atoms with Crippen molar-refractivity contribution in [1.82, 2.24) is 10.6 Å². The van der Waals surface area contributed by atoms with E-state index in [-0.39, 0.29) is 60.6 Å². The number of aliphatic carboxylic acids is 1. The standard InChI is InChI=1S/C32H46N2O10/c1-17(2)28(29(41)42)34-25(39)15-33-24(38)7-8-26(40)44-16-23(37)32(43)12-10-21-20-6-5-18-13-19(35)9-11-30(18,3)27(20)22(36)14-31(21,32)4/h13,17,20-22,27-28,36,43H,5-12,14-16H2,1-4H3,(H,33,38)(H,34,39)(H,41,42)/t20-,21+,22-,27-,28-,30-,31-,32-/m0/s1. The van der Waals surface area contributed by atoms with Crippen LogP contribution < -0.4 is 10.6 Å². The van der Waals surface area contributed by atoms with Crippen LogP contribution in [0.1, 0.15) is 85.5 Å². The number of rotatable bonds is 11. The Morgan fingerprint density at radius 3 is 2.41 bits per heavy atom. The van der Waals surface area contributed by atoms with Crippen LogP contribution >= 0.6 is 0 Å². The molecule has 4 aliphatic rings. The van der Waals surface area contributed by atoms with Crippen molar-refractivity contribution in [2.75, 3.05) is 13.2 Å². The molecule has 4 rings (SSSR count). The monoisotopic (exact) mass is 618 g/mol. The normalized spacial score (nSPS) is 35.0. The van der Waals surface area contributed by atoms with E-state index in [9.17, 15) is 39.0 Å². The fraction of sp³-hybridized carbons (Fsp3) is 0.750. The van der Waals surface area contributed by atoms with E-state index in [2.05, 4.69) is 17.6 Å². The number of aliphatic hydroxyl groups excluding tert-OH is 1. The van der Waals surface area contributed by atoms with Crippen molar-refractivity contribution in [1.29, 1.82) is 0 Å². The number of esters is 1. The lowest BCUT2D eigenvalue weighted by Crippen LogP contribution is -2.62. The van der Waals surface area contributed by atoms with Gasteiger partial charge in [0, 0.05) is 18.3 Å². The maximum Gasteiger partial charge on any atom is 0.326 e. The fourth-order valence-corrected chi connectivity index (χ4v) is 8.71. The van der Waals surface area contributed by atoms with E-state index >= 15 is 0 Å². The molecule has 0 aliphatic heterocycles. The molecule has 0 radical (unpaired) electrons. The lowest BCUT2D eigenvalue weighted by molar-refractivity contribution is -0.184. The Labute approximate surface area is 257 Å². The van der Waals surface area contributed by atoms with E-state index in [1.807, 2.05) is 6.92 Å². The summed E-state index contributed by atoms with van der Waals surface area (Å²) in [6, 6.07) is -1.10. The molecule has 0 aromatic rings. The Morgan fingerprint density at radius 2 is 1.75 bits per heavy atom. The molecule has 12 heteroatoms. The van der Waals surface area contributed by atoms with Crippen LogP contribution in [0, 0.1) is 34.5 Å². The highest BCUT2D eigenvalue weighted by Crippen LogP contribution is 2.67. The number of carbonyl (C=O) groups is 6. The second-order valence-corrected chi connectivity index (χ2v) is 14.0. The van der Waals surface area contributed by atoms with Crippen molar-refractivity contribution in [2.45, 2.75) is 103 Å². The highest BCUT2D eigenvalue weighted by Gasteiger charge is 2.68. The Kier molecular flexibility index (Phi) is 9.75. The lowest BCUT2D eigenvalue weighted by atomic mass is 9.45. The second-order valence-electron chi connectivity index (χ2n) is 14.0. The van der Waals surface area contributed by atoms with Crippen molar-refractivity contribution in [3.8, 4) is 0 Å². The van der Waals surface area contributed by atoms with Gasteiger partial charge in [-0.25, -0.2) is 4.79 Å². The largest absolute Gasteiger partial charge is 0.480 e. The first-order chi connectivity index (χ1) is 20.5. The average Bonchev–Trinajstić information content (AvgIpc) is 3.22. The van der Waals surface area contributed by atoms with Gasteiger partial charge >= 0.3 is 11.9 Å². The first kappa shape index (κ1) is 33.8. The zero-order valence-corrected chi connectivity index (χ0v) is 26.0. The molecule has 3 fully saturated rings. The smallest absolute Gasteiger partial charge is 0.326 e. The van der Waals surface area contributed by atoms with Gasteiger partial charge in [0.05, 0.1) is 19.1 Å². The highest BCUT2D eigenvalue weighted by atomic mass is 16.5. The molecule has 244 valence electrons. The summed E-state index contributed by atoms with van der Waals surface area (Å²) in [6.45, 7) is 6.13. The van der Waals surface area contributed by atoms with Crippen molar-refractivity contribution < 1.29 is 48.8 Å². The molecule has 12 nitrogen and oxygen atoms in total. The van der Waals surface area contributed by atoms with Crippen molar-refractivity contribution in [2.24, 2.45) is 34.5 Å². The number of ether oxygens (including phenoxy) is 1. The van der Waals surface area contributed by atoms with Crippen LogP contribution in [0.5, 0.6) is 0 Å². The predicted molar refractivity (Wildman–Crippen MR) is 156 cm³/mol. The number of aliphatic hydroxyl groups is 2. The van der Waals surface area contributed by atoms with Crippen LogP contribution in [0.15, 0.2) is 11.6 Å². The molecular formula is C32H46N2O10. The van der Waals surface area contributed by atoms with Gasteiger partial charge in [0.2, 0.25) is 17.6 Å². The zero-order valence-electron chi connectivity index (χ0n) is 26.0. The minimum absolute atomic E-state index is 0.0104. The molecule has 2 amide bonds. The van der Waals surface area contributed by atoms with Gasteiger partial charge in [-0.2, -0.15) is 0 Å². The molecular weight excluding hydrogens is 572 g/mol. The highest BCUT2D eigenvalue weighted by molar-refractivity contribution is 5.92. The summed E-state index contributed by atoms with van der Waals surface area (Å²) < 4.78 is 5.14. The number of hydrogen-bond donors (Lipinski definition) is 5. The molecule has 0 saturated heterocycles. The Balaban J connectivity index is 1.29. The van der Waals surface area contributed by atoms with Gasteiger partial charge < -0.3 is 30.7 Å². The molecule has 4 aliphatic carbocycles. The summed E-state index contributed by atoms with van der Waals surface area (Å²) in [5, 5.41) is 37.1. The Bertz CT molecular complexity index is 1250. The van der Waals surface area contributed by atoms with E-state index in [1.165, 1.54) is 0 Å². The summed E-state index contributed by atoms with van der Waals surface area (Å²) in [5.41, 5.74) is -1.88. The van der Waals surface area contributed by atoms with Crippen LogP contribution in [0.3, 0.4) is 0 Å². The van der Waals surface area contributed by atoms with E-state index in [0.717, 1.165) is 18.4 Å². The van der Waals surface area contributed by atoms with Crippen LogP contribution in [0.4, 0.5) is 0 Å². The minimum atomic E-state index is -1.78. The number of amides is 2. The third kappa shape index (κ3) is 6.20. The summed E-state index contributed by atoms with van der Waals surface area (Å²) in [7, 11) is 0. The van der Waals surface area contributed by atoms with Gasteiger partial charge in [-0.05, 0) is 73.7 Å². The maximum atomic E-state index is 13.4. The lowest BCUT2D eigenvalue weighted by Gasteiger charge is -2.60. The number of fused-ring (bicyclic) bond motifs is 5. The van der Waals surface area contributed by atoms with Crippen molar-refractivity contribution in [3.05, 3.63) is 11.6 Å². The molecule has 0 bridgehead atoms. The number of nitrogens with one attached hydrogen (secondary N) is 2. The molecule has 3 saturated carbocycles. The molecule has 8 atom stereocenters. The third-order valence-electron chi connectivity index (χ3n) is 11.1. The van der Waals surface area contributed by atoms with Crippen LogP contribution in [-0.4, -0.2) is 81.5 Å². The molecule has 44 heavy (non-hydrogen) atoms. The van der Waals surface area contributed by atoms with Gasteiger partial charge in [0.1, 0.15) is 11.6 Å². The van der Waals surface area contributed by atoms with E-state index < -0.39 is 65.8 Å². The van der Waals surface area contributed by atoms with Crippen LogP contribution in [-0.2, 0) is 33.5 Å². The van der Waals surface area contributed by atoms with Gasteiger partial charge in [-0.1, -0.05) is 33.3 Å². The topological polar surface area (TPSA) is 196 Å². The maximum absolute atomic E-state index is 13.4. The number of carbonyl (C=O) groups excluding carboxylic acids is 5. The molecule has 5 N–H and O–H groups in total. The van der Waals surface area contributed by atoms with Crippen LogP contribution in [0.2, 0.25) is 0 Å². The average molecular weight is 619 g/mol. The van der Waals surface area contributed by atoms with Crippen molar-refractivity contribution >= 4 is 35.3 Å². The third-order valence-corrected chi connectivity index (χ3v) is 11.1. The molecule has 0 unspecified atom stereocenters. The van der Waals surface area contributed by atoms with E-state index in [0.29, 0.717) is 19.3 Å². The molecule has 0 aromatic carbocycles. The minimum Gasteiger partial charge on any atom is -0.480 e. The van der Waals surface area contributed by atoms with Gasteiger partial charge in [0.15, 0.2) is 12.4 Å². The van der Waals surface area contributed by atoms with Gasteiger partial charge in [0.25, 0.3) is 0 Å². The number of allylic oxidation sites excluding steroid dienone is 1. The molecule has 0 aromatic heterocycles. The summed E-state index contributed by atoms with van der Waals surface area (Å²) in [4.78, 5) is 73.2. The summed E-state index contributed by atoms with van der Waals surface area (Å²) in [5.74, 6) is -4.16. The molecule has 0 heterocycles. The second kappa shape index (κ2) is 12.7. The number of carboxylic acid groups (broad SMARTS) is 1. The Hall–Kier alpha value is -3.12. The number of carboxylic acids is 1. The number of ketones is 2. The number of Topliss-reactive ketones (excluding diaryl/α,β-unsaturated/α-hetero) is 1. The van der Waals surface area contributed by atoms with E-state index in [4.69, 9.17) is 9.84 Å².